The predicted molar refractivity (Wildman–Crippen MR) is 132 cm³/mol. The fourth-order valence-electron chi connectivity index (χ4n) is 4.61. The Hall–Kier alpha value is -2.16. The van der Waals surface area contributed by atoms with Crippen LogP contribution in [0.1, 0.15) is 105 Å². The minimum absolute atomic E-state index is 0.00719. The molecule has 3 nitrogen and oxygen atoms in total. The zero-order chi connectivity index (χ0) is 23.7. The van der Waals surface area contributed by atoms with Crippen molar-refractivity contribution in [1.82, 2.24) is 4.98 Å². The molecule has 1 aromatic carbocycles. The summed E-state index contributed by atoms with van der Waals surface area (Å²) in [6.07, 6.45) is 0. The van der Waals surface area contributed by atoms with E-state index in [1.807, 2.05) is 12.1 Å². The van der Waals surface area contributed by atoms with Crippen LogP contribution in [0.25, 0.3) is 22.6 Å². The second kappa shape index (κ2) is 6.92. The van der Waals surface area contributed by atoms with Gasteiger partial charge in [-0.3, -0.25) is 4.79 Å². The highest BCUT2D eigenvalue weighted by Gasteiger charge is 2.39. The second-order valence-electron chi connectivity index (χ2n) is 13.0. The van der Waals surface area contributed by atoms with E-state index in [1.165, 1.54) is 0 Å². The SMILES string of the molecule is CC(C)(C)c1c2oc3c(C(C)(C)C)cccc3nc-2c(=O)c(C(C)(C)C)c1C(C)(C)C. The number of hydrogen-bond acceptors (Lipinski definition) is 3. The highest BCUT2D eigenvalue weighted by atomic mass is 16.3. The summed E-state index contributed by atoms with van der Waals surface area (Å²) in [6, 6.07) is 6.04. The summed E-state index contributed by atoms with van der Waals surface area (Å²) in [4.78, 5) is 18.8. The molecule has 3 rings (SSSR count). The fraction of sp³-hybridized carbons (Fsp3) is 0.571. The van der Waals surface area contributed by atoms with Gasteiger partial charge in [0.15, 0.2) is 17.0 Å². The van der Waals surface area contributed by atoms with Gasteiger partial charge in [0, 0.05) is 16.7 Å². The van der Waals surface area contributed by atoms with Gasteiger partial charge in [-0.2, -0.15) is 0 Å². The van der Waals surface area contributed by atoms with Crippen LogP contribution in [-0.2, 0) is 21.7 Å². The Morgan fingerprint density at radius 1 is 0.677 bits per heavy atom. The quantitative estimate of drug-likeness (QED) is 0.353. The molecule has 1 aromatic rings. The van der Waals surface area contributed by atoms with E-state index in [-0.39, 0.29) is 27.1 Å². The maximum atomic E-state index is 13.9. The highest BCUT2D eigenvalue weighted by molar-refractivity contribution is 5.82. The highest BCUT2D eigenvalue weighted by Crippen LogP contribution is 2.45. The monoisotopic (exact) mass is 421 g/mol. The molecule has 3 heteroatoms. The van der Waals surface area contributed by atoms with Gasteiger partial charge in [-0.05, 0) is 33.3 Å². The molecule has 1 aliphatic heterocycles. The lowest BCUT2D eigenvalue weighted by atomic mass is 9.67. The zero-order valence-corrected chi connectivity index (χ0v) is 21.5. The van der Waals surface area contributed by atoms with E-state index in [4.69, 9.17) is 9.40 Å². The van der Waals surface area contributed by atoms with Crippen LogP contribution in [0.15, 0.2) is 27.4 Å². The van der Waals surface area contributed by atoms with Crippen molar-refractivity contribution in [3.8, 4) is 11.5 Å². The molecule has 0 radical (unpaired) electrons. The van der Waals surface area contributed by atoms with Gasteiger partial charge < -0.3 is 4.42 Å². The number of hydrogen-bond donors (Lipinski definition) is 0. The van der Waals surface area contributed by atoms with Crippen molar-refractivity contribution in [2.75, 3.05) is 0 Å². The Bertz CT molecular complexity index is 1170. The number of benzene rings is 2. The molecule has 0 saturated carbocycles. The summed E-state index contributed by atoms with van der Waals surface area (Å²) in [5.41, 5.74) is 5.26. The van der Waals surface area contributed by atoms with Crippen molar-refractivity contribution in [2.45, 2.75) is 105 Å². The van der Waals surface area contributed by atoms with Crippen LogP contribution in [0.3, 0.4) is 0 Å². The largest absolute Gasteiger partial charge is 0.452 e. The first-order chi connectivity index (χ1) is 13.8. The van der Waals surface area contributed by atoms with Gasteiger partial charge in [-0.1, -0.05) is 95.2 Å². The standard InChI is InChI=1S/C28H39NO2/c1-25(2,3)16-14-13-15-17-23(16)31-24-20(28(10,11)12)18(26(4,5)6)19(27(7,8)9)22(30)21(24)29-17/h13-15H,1-12H3. The summed E-state index contributed by atoms with van der Waals surface area (Å²) < 4.78 is 6.68. The van der Waals surface area contributed by atoms with Gasteiger partial charge in [-0.25, -0.2) is 4.98 Å². The van der Waals surface area contributed by atoms with E-state index >= 15 is 0 Å². The molecule has 0 atom stereocenters. The molecule has 1 aliphatic carbocycles. The number of nitrogens with zero attached hydrogens (tertiary/aromatic N) is 1. The Morgan fingerprint density at radius 2 is 1.19 bits per heavy atom. The molecule has 168 valence electrons. The number of fused-ring (bicyclic) bond motifs is 2. The third-order valence-electron chi connectivity index (χ3n) is 5.87. The van der Waals surface area contributed by atoms with Crippen molar-refractivity contribution in [1.29, 1.82) is 0 Å². The van der Waals surface area contributed by atoms with Crippen LogP contribution in [0.5, 0.6) is 0 Å². The van der Waals surface area contributed by atoms with E-state index in [2.05, 4.69) is 89.2 Å². The smallest absolute Gasteiger partial charge is 0.212 e. The molecule has 0 spiro atoms. The first-order valence-electron chi connectivity index (χ1n) is 11.3. The predicted octanol–water partition coefficient (Wildman–Crippen LogP) is 7.48. The normalized spacial score (nSPS) is 13.9. The molecule has 0 saturated heterocycles. The van der Waals surface area contributed by atoms with Gasteiger partial charge in [0.05, 0.1) is 0 Å². The molecule has 2 aliphatic rings. The van der Waals surface area contributed by atoms with Crippen molar-refractivity contribution in [3.63, 3.8) is 0 Å². The molecule has 0 amide bonds. The van der Waals surface area contributed by atoms with Gasteiger partial charge in [-0.15, -0.1) is 0 Å². The van der Waals surface area contributed by atoms with Gasteiger partial charge in [0.1, 0.15) is 5.52 Å². The number of para-hydroxylation sites is 1. The second-order valence-corrected chi connectivity index (χ2v) is 13.0. The first-order valence-corrected chi connectivity index (χ1v) is 11.3. The molecule has 0 N–H and O–H groups in total. The average Bonchev–Trinajstić information content (AvgIpc) is 2.55. The maximum absolute atomic E-state index is 13.9. The lowest BCUT2D eigenvalue weighted by Gasteiger charge is -2.37. The van der Waals surface area contributed by atoms with Crippen molar-refractivity contribution < 1.29 is 4.42 Å². The third-order valence-corrected chi connectivity index (χ3v) is 5.87. The van der Waals surface area contributed by atoms with E-state index < -0.39 is 0 Å². The Kier molecular flexibility index (Phi) is 5.25. The van der Waals surface area contributed by atoms with Gasteiger partial charge in [0.2, 0.25) is 5.43 Å². The van der Waals surface area contributed by atoms with E-state index in [1.54, 1.807) is 0 Å². The van der Waals surface area contributed by atoms with Crippen molar-refractivity contribution in [3.05, 3.63) is 50.7 Å². The van der Waals surface area contributed by atoms with Gasteiger partial charge >= 0.3 is 0 Å². The molecule has 31 heavy (non-hydrogen) atoms. The molecule has 0 aromatic heterocycles. The van der Waals surface area contributed by atoms with Crippen LogP contribution < -0.4 is 5.43 Å². The first kappa shape index (κ1) is 23.5. The van der Waals surface area contributed by atoms with E-state index in [0.29, 0.717) is 11.5 Å². The molecular formula is C28H39NO2. The van der Waals surface area contributed by atoms with Crippen LogP contribution >= 0.6 is 0 Å². The van der Waals surface area contributed by atoms with E-state index in [0.717, 1.165) is 33.4 Å². The molecular weight excluding hydrogens is 382 g/mol. The summed E-state index contributed by atoms with van der Waals surface area (Å²) in [5, 5.41) is 0. The van der Waals surface area contributed by atoms with Crippen LogP contribution in [0, 0.1) is 0 Å². The number of rotatable bonds is 0. The molecule has 1 heterocycles. The zero-order valence-electron chi connectivity index (χ0n) is 21.5. The van der Waals surface area contributed by atoms with Gasteiger partial charge in [0.25, 0.3) is 0 Å². The van der Waals surface area contributed by atoms with Crippen LogP contribution in [0.2, 0.25) is 0 Å². The lowest BCUT2D eigenvalue weighted by Crippen LogP contribution is -2.36. The fourth-order valence-corrected chi connectivity index (χ4v) is 4.61. The lowest BCUT2D eigenvalue weighted by molar-refractivity contribution is 0.477. The molecule has 0 fully saturated rings. The maximum Gasteiger partial charge on any atom is 0.212 e. The van der Waals surface area contributed by atoms with Crippen LogP contribution in [-0.4, -0.2) is 4.98 Å². The molecule has 0 bridgehead atoms. The number of aromatic nitrogens is 1. The summed E-state index contributed by atoms with van der Waals surface area (Å²) in [5.74, 6) is 0.639. The minimum atomic E-state index is -0.308. The van der Waals surface area contributed by atoms with E-state index in [9.17, 15) is 4.79 Å². The Morgan fingerprint density at radius 3 is 1.65 bits per heavy atom. The van der Waals surface area contributed by atoms with Crippen molar-refractivity contribution >= 4 is 11.1 Å². The van der Waals surface area contributed by atoms with Crippen molar-refractivity contribution in [2.24, 2.45) is 0 Å². The third kappa shape index (κ3) is 4.04. The summed E-state index contributed by atoms with van der Waals surface area (Å²) >= 11 is 0. The Labute approximate surface area is 187 Å². The minimum Gasteiger partial charge on any atom is -0.452 e. The molecule has 0 unspecified atom stereocenters. The summed E-state index contributed by atoms with van der Waals surface area (Å²) in [6.45, 7) is 26.0. The van der Waals surface area contributed by atoms with Crippen LogP contribution in [0.4, 0.5) is 0 Å². The summed E-state index contributed by atoms with van der Waals surface area (Å²) in [7, 11) is 0. The topological polar surface area (TPSA) is 43.1 Å². The average molecular weight is 422 g/mol. The Balaban J connectivity index is 2.72.